The van der Waals surface area contributed by atoms with E-state index in [1.54, 1.807) is 0 Å². The van der Waals surface area contributed by atoms with Gasteiger partial charge in [-0.3, -0.25) is 0 Å². The monoisotopic (exact) mass is 177 g/mol. The number of likely N-dealkylation sites (tertiary alicyclic amines) is 1. The van der Waals surface area contributed by atoms with Crippen molar-refractivity contribution in [3.63, 3.8) is 0 Å². The summed E-state index contributed by atoms with van der Waals surface area (Å²) in [7, 11) is 0. The molecule has 0 aromatic heterocycles. The van der Waals surface area contributed by atoms with Gasteiger partial charge in [-0.1, -0.05) is 6.42 Å². The van der Waals surface area contributed by atoms with Crippen LogP contribution in [0.25, 0.3) is 0 Å². The topological polar surface area (TPSA) is 3.24 Å². The maximum atomic E-state index is 5.24. The molecule has 0 radical (unpaired) electrons. The molecule has 0 spiro atoms. The minimum Gasteiger partial charge on any atom is -0.303 e. The molecule has 1 heteroatoms. The second kappa shape index (κ2) is 4.15. The van der Waals surface area contributed by atoms with E-state index in [0.717, 1.165) is 18.3 Å². The van der Waals surface area contributed by atoms with E-state index in [1.165, 1.54) is 45.3 Å². The van der Waals surface area contributed by atoms with Crippen molar-refractivity contribution in [1.29, 1.82) is 0 Å². The van der Waals surface area contributed by atoms with Crippen LogP contribution in [0.2, 0.25) is 0 Å². The Morgan fingerprint density at radius 3 is 2.54 bits per heavy atom. The van der Waals surface area contributed by atoms with Gasteiger partial charge in [-0.05, 0) is 37.6 Å². The Kier molecular flexibility index (Phi) is 2.90. The first-order valence-electron chi connectivity index (χ1n) is 5.56. The second-order valence-corrected chi connectivity index (χ2v) is 4.52. The van der Waals surface area contributed by atoms with Gasteiger partial charge in [-0.25, -0.2) is 0 Å². The van der Waals surface area contributed by atoms with Crippen LogP contribution in [0.3, 0.4) is 0 Å². The molecule has 0 aromatic rings. The van der Waals surface area contributed by atoms with Gasteiger partial charge in [0, 0.05) is 19.5 Å². The van der Waals surface area contributed by atoms with Crippen molar-refractivity contribution in [1.82, 2.24) is 4.90 Å². The molecule has 1 aliphatic heterocycles. The highest BCUT2D eigenvalue weighted by Gasteiger charge is 2.35. The van der Waals surface area contributed by atoms with E-state index in [1.807, 2.05) is 0 Å². The van der Waals surface area contributed by atoms with Crippen LogP contribution in [-0.2, 0) is 0 Å². The quantitative estimate of drug-likeness (QED) is 0.471. The molecule has 0 aromatic carbocycles. The molecule has 13 heavy (non-hydrogen) atoms. The zero-order valence-electron chi connectivity index (χ0n) is 8.34. The molecule has 2 aliphatic rings. The van der Waals surface area contributed by atoms with E-state index in [0.29, 0.717) is 0 Å². The van der Waals surface area contributed by atoms with Crippen LogP contribution >= 0.6 is 0 Å². The molecular formula is C12H19N. The van der Waals surface area contributed by atoms with Gasteiger partial charge in [0.05, 0.1) is 0 Å². The molecule has 2 fully saturated rings. The molecule has 1 aliphatic carbocycles. The highest BCUT2D eigenvalue weighted by Crippen LogP contribution is 2.37. The summed E-state index contributed by atoms with van der Waals surface area (Å²) >= 11 is 0. The van der Waals surface area contributed by atoms with Crippen LogP contribution in [0.4, 0.5) is 0 Å². The summed E-state index contributed by atoms with van der Waals surface area (Å²) in [6, 6.07) is 0. The first-order valence-corrected chi connectivity index (χ1v) is 5.56. The van der Waals surface area contributed by atoms with E-state index in [4.69, 9.17) is 6.42 Å². The minimum absolute atomic E-state index is 0.950. The molecule has 2 rings (SSSR count). The molecule has 0 amide bonds. The number of terminal acetylenes is 1. The van der Waals surface area contributed by atoms with E-state index in [9.17, 15) is 0 Å². The summed E-state index contributed by atoms with van der Waals surface area (Å²) in [5, 5.41) is 0. The summed E-state index contributed by atoms with van der Waals surface area (Å²) in [5.74, 6) is 4.78. The Bertz CT molecular complexity index is 192. The van der Waals surface area contributed by atoms with Crippen LogP contribution in [0.5, 0.6) is 0 Å². The van der Waals surface area contributed by atoms with Crippen LogP contribution in [0.1, 0.15) is 32.1 Å². The van der Waals surface area contributed by atoms with Crippen molar-refractivity contribution in [2.45, 2.75) is 32.1 Å². The summed E-state index contributed by atoms with van der Waals surface area (Å²) in [5.41, 5.74) is 0. The number of hydrogen-bond donors (Lipinski definition) is 0. The van der Waals surface area contributed by atoms with Crippen LogP contribution < -0.4 is 0 Å². The van der Waals surface area contributed by atoms with E-state index in [2.05, 4.69) is 10.8 Å². The fraction of sp³-hybridized carbons (Fsp3) is 0.833. The van der Waals surface area contributed by atoms with Gasteiger partial charge >= 0.3 is 0 Å². The van der Waals surface area contributed by atoms with Gasteiger partial charge in [0.1, 0.15) is 0 Å². The molecule has 1 heterocycles. The standard InChI is InChI=1S/C12H19N/c1-2-3-4-8-13-9-11-6-5-7-12(11)10-13/h1,11-12H,3-10H2. The van der Waals surface area contributed by atoms with E-state index >= 15 is 0 Å². The zero-order valence-corrected chi connectivity index (χ0v) is 8.34. The summed E-state index contributed by atoms with van der Waals surface area (Å²) in [6.07, 6.45) is 11.8. The normalized spacial score (nSPS) is 33.2. The summed E-state index contributed by atoms with van der Waals surface area (Å²) in [4.78, 5) is 2.62. The molecule has 2 unspecified atom stereocenters. The third-order valence-corrected chi connectivity index (χ3v) is 3.60. The Morgan fingerprint density at radius 2 is 1.92 bits per heavy atom. The predicted octanol–water partition coefficient (Wildman–Crippen LogP) is 2.13. The fourth-order valence-corrected chi connectivity index (χ4v) is 2.92. The largest absolute Gasteiger partial charge is 0.303 e. The number of unbranched alkanes of at least 4 members (excludes halogenated alkanes) is 1. The van der Waals surface area contributed by atoms with Gasteiger partial charge in [0.25, 0.3) is 0 Å². The molecule has 0 N–H and O–H groups in total. The van der Waals surface area contributed by atoms with Gasteiger partial charge in [-0.15, -0.1) is 12.3 Å². The Morgan fingerprint density at radius 1 is 1.23 bits per heavy atom. The lowest BCUT2D eigenvalue weighted by molar-refractivity contribution is 0.308. The van der Waals surface area contributed by atoms with Gasteiger partial charge in [0.15, 0.2) is 0 Å². The number of nitrogens with zero attached hydrogens (tertiary/aromatic N) is 1. The maximum absolute atomic E-state index is 5.24. The van der Waals surface area contributed by atoms with Crippen LogP contribution in [0.15, 0.2) is 0 Å². The first-order chi connectivity index (χ1) is 6.40. The van der Waals surface area contributed by atoms with Crippen LogP contribution in [-0.4, -0.2) is 24.5 Å². The Labute approximate surface area is 81.5 Å². The minimum atomic E-state index is 0.950. The lowest BCUT2D eigenvalue weighted by Crippen LogP contribution is -2.22. The highest BCUT2D eigenvalue weighted by atomic mass is 15.2. The number of hydrogen-bond acceptors (Lipinski definition) is 1. The van der Waals surface area contributed by atoms with Gasteiger partial charge < -0.3 is 4.90 Å². The average molecular weight is 177 g/mol. The first kappa shape index (κ1) is 9.09. The smallest absolute Gasteiger partial charge is 0.00982 e. The average Bonchev–Trinajstić information content (AvgIpc) is 2.64. The molecule has 1 saturated heterocycles. The lowest BCUT2D eigenvalue weighted by atomic mass is 10.0. The van der Waals surface area contributed by atoms with Crippen molar-refractivity contribution >= 4 is 0 Å². The number of fused-ring (bicyclic) bond motifs is 1. The van der Waals surface area contributed by atoms with Crippen molar-refractivity contribution in [2.75, 3.05) is 19.6 Å². The molecule has 1 nitrogen and oxygen atoms in total. The van der Waals surface area contributed by atoms with E-state index < -0.39 is 0 Å². The van der Waals surface area contributed by atoms with Gasteiger partial charge in [0.2, 0.25) is 0 Å². The molecule has 2 atom stereocenters. The van der Waals surface area contributed by atoms with Crippen molar-refractivity contribution < 1.29 is 0 Å². The Balaban J connectivity index is 1.70. The van der Waals surface area contributed by atoms with Crippen molar-refractivity contribution in [3.05, 3.63) is 0 Å². The maximum Gasteiger partial charge on any atom is 0.00982 e. The molecule has 0 bridgehead atoms. The molecular weight excluding hydrogens is 158 g/mol. The predicted molar refractivity (Wildman–Crippen MR) is 55.3 cm³/mol. The highest BCUT2D eigenvalue weighted by molar-refractivity contribution is 4.89. The van der Waals surface area contributed by atoms with Crippen molar-refractivity contribution in [2.24, 2.45) is 11.8 Å². The third kappa shape index (κ3) is 2.06. The third-order valence-electron chi connectivity index (χ3n) is 3.60. The Hall–Kier alpha value is -0.480. The SMILES string of the molecule is C#CCCCN1CC2CCCC2C1. The van der Waals surface area contributed by atoms with Crippen LogP contribution in [0, 0.1) is 24.2 Å². The van der Waals surface area contributed by atoms with Crippen molar-refractivity contribution in [3.8, 4) is 12.3 Å². The molecule has 1 saturated carbocycles. The summed E-state index contributed by atoms with van der Waals surface area (Å²) < 4.78 is 0. The molecule has 72 valence electrons. The van der Waals surface area contributed by atoms with E-state index in [-0.39, 0.29) is 0 Å². The lowest BCUT2D eigenvalue weighted by Gasteiger charge is -2.15. The summed E-state index contributed by atoms with van der Waals surface area (Å²) in [6.45, 7) is 3.95. The van der Waals surface area contributed by atoms with Gasteiger partial charge in [-0.2, -0.15) is 0 Å². The fourth-order valence-electron chi connectivity index (χ4n) is 2.92. The second-order valence-electron chi connectivity index (χ2n) is 4.52. The number of rotatable bonds is 3. The zero-order chi connectivity index (χ0) is 9.10.